The lowest BCUT2D eigenvalue weighted by molar-refractivity contribution is 0.400. The highest BCUT2D eigenvalue weighted by molar-refractivity contribution is 7.94. The van der Waals surface area contributed by atoms with Crippen LogP contribution in [0.4, 0.5) is 5.69 Å². The number of thiophene rings is 1. The zero-order valence-corrected chi connectivity index (χ0v) is 18.2. The van der Waals surface area contributed by atoms with E-state index >= 15 is 0 Å². The van der Waals surface area contributed by atoms with Gasteiger partial charge in [0.1, 0.15) is 11.3 Å². The highest BCUT2D eigenvalue weighted by atomic mass is 35.5. The molecule has 30 heavy (non-hydrogen) atoms. The van der Waals surface area contributed by atoms with Gasteiger partial charge in [-0.3, -0.25) is 13.9 Å². The van der Waals surface area contributed by atoms with E-state index in [9.17, 15) is 13.2 Å². The van der Waals surface area contributed by atoms with E-state index in [0.29, 0.717) is 22.3 Å². The first-order chi connectivity index (χ1) is 14.3. The first-order valence-electron chi connectivity index (χ1n) is 8.58. The first-order valence-corrected chi connectivity index (χ1v) is 11.3. The Morgan fingerprint density at radius 3 is 2.67 bits per heavy atom. The van der Waals surface area contributed by atoms with Crippen molar-refractivity contribution in [2.45, 2.75) is 11.1 Å². The minimum atomic E-state index is -3.93. The van der Waals surface area contributed by atoms with E-state index in [1.165, 1.54) is 30.0 Å². The summed E-state index contributed by atoms with van der Waals surface area (Å²) in [5.41, 5.74) is 2.22. The molecule has 11 heteroatoms. The lowest BCUT2D eigenvalue weighted by Crippen LogP contribution is -2.17. The van der Waals surface area contributed by atoms with E-state index in [2.05, 4.69) is 14.7 Å². The van der Waals surface area contributed by atoms with Crippen LogP contribution in [0.5, 0.6) is 5.88 Å². The van der Waals surface area contributed by atoms with Gasteiger partial charge >= 0.3 is 0 Å². The molecule has 0 aliphatic rings. The normalized spacial score (nSPS) is 11.6. The fourth-order valence-electron chi connectivity index (χ4n) is 2.85. The van der Waals surface area contributed by atoms with Crippen LogP contribution in [0.2, 0.25) is 5.02 Å². The van der Waals surface area contributed by atoms with E-state index in [1.807, 2.05) is 0 Å². The van der Waals surface area contributed by atoms with Crippen molar-refractivity contribution in [2.75, 3.05) is 11.8 Å². The summed E-state index contributed by atoms with van der Waals surface area (Å²) in [6, 6.07) is 6.57. The average Bonchev–Trinajstić information content (AvgIpc) is 3.17. The molecule has 0 spiro atoms. The molecule has 0 unspecified atom stereocenters. The number of aromatic nitrogens is 3. The number of rotatable bonds is 5. The SMILES string of the molecule is COc1ncc(-c2ccc3ncc(C)c(=O)n3c2)cc1NS(=O)(=O)c1sccc1Cl. The Hall–Kier alpha value is -2.95. The van der Waals surface area contributed by atoms with Crippen molar-refractivity contribution in [3.8, 4) is 17.0 Å². The molecule has 4 heterocycles. The fraction of sp³-hybridized carbons (Fsp3) is 0.105. The number of nitrogens with one attached hydrogen (secondary N) is 1. The Labute approximate surface area is 180 Å². The van der Waals surface area contributed by atoms with Crippen molar-refractivity contribution in [2.24, 2.45) is 0 Å². The lowest BCUT2D eigenvalue weighted by atomic mass is 10.1. The molecule has 0 aliphatic carbocycles. The monoisotopic (exact) mass is 462 g/mol. The summed E-state index contributed by atoms with van der Waals surface area (Å²) in [6.07, 6.45) is 4.69. The van der Waals surface area contributed by atoms with Crippen LogP contribution in [0, 0.1) is 6.92 Å². The second-order valence-corrected chi connectivity index (χ2v) is 9.54. The van der Waals surface area contributed by atoms with E-state index in [1.54, 1.807) is 36.7 Å². The Balaban J connectivity index is 1.80. The van der Waals surface area contributed by atoms with Crippen molar-refractivity contribution in [3.63, 3.8) is 0 Å². The van der Waals surface area contributed by atoms with E-state index in [0.717, 1.165) is 11.3 Å². The van der Waals surface area contributed by atoms with Crippen molar-refractivity contribution in [1.29, 1.82) is 0 Å². The van der Waals surface area contributed by atoms with Gasteiger partial charge in [0.25, 0.3) is 15.6 Å². The number of aryl methyl sites for hydroxylation is 1. The van der Waals surface area contributed by atoms with Crippen LogP contribution in [0.1, 0.15) is 5.56 Å². The van der Waals surface area contributed by atoms with Gasteiger partial charge in [-0.1, -0.05) is 11.6 Å². The minimum absolute atomic E-state index is 0.00423. The zero-order chi connectivity index (χ0) is 21.5. The van der Waals surface area contributed by atoms with Crippen LogP contribution in [0.15, 0.2) is 57.2 Å². The second kappa shape index (κ2) is 7.71. The molecule has 0 amide bonds. The molecule has 8 nitrogen and oxygen atoms in total. The number of sulfonamides is 1. The predicted octanol–water partition coefficient (Wildman–Crippen LogP) is 3.59. The van der Waals surface area contributed by atoms with Gasteiger partial charge in [-0.05, 0) is 36.6 Å². The van der Waals surface area contributed by atoms with Gasteiger partial charge in [0.2, 0.25) is 5.88 Å². The van der Waals surface area contributed by atoms with Gasteiger partial charge < -0.3 is 4.74 Å². The second-order valence-electron chi connectivity index (χ2n) is 6.33. The number of fused-ring (bicyclic) bond motifs is 1. The molecule has 0 saturated heterocycles. The molecule has 0 bridgehead atoms. The third-order valence-corrected chi connectivity index (χ3v) is 7.71. The molecule has 0 radical (unpaired) electrons. The third-order valence-electron chi connectivity index (χ3n) is 4.32. The van der Waals surface area contributed by atoms with Gasteiger partial charge in [0.15, 0.2) is 4.21 Å². The first kappa shape index (κ1) is 20.3. The van der Waals surface area contributed by atoms with Crippen LogP contribution in [0.25, 0.3) is 16.8 Å². The minimum Gasteiger partial charge on any atom is -0.480 e. The van der Waals surface area contributed by atoms with Crippen molar-refractivity contribution in [3.05, 3.63) is 69.2 Å². The summed E-state index contributed by atoms with van der Waals surface area (Å²) < 4.78 is 34.6. The number of nitrogens with zero attached hydrogens (tertiary/aromatic N) is 3. The molecule has 0 fully saturated rings. The largest absolute Gasteiger partial charge is 0.480 e. The molecule has 4 aromatic heterocycles. The maximum absolute atomic E-state index is 12.7. The van der Waals surface area contributed by atoms with Crippen molar-refractivity contribution in [1.82, 2.24) is 14.4 Å². The molecule has 0 atom stereocenters. The Bertz CT molecular complexity index is 1430. The van der Waals surface area contributed by atoms with Gasteiger partial charge in [0.05, 0.1) is 12.1 Å². The number of halogens is 1. The number of pyridine rings is 2. The lowest BCUT2D eigenvalue weighted by Gasteiger charge is -2.12. The van der Waals surface area contributed by atoms with E-state index in [4.69, 9.17) is 16.3 Å². The van der Waals surface area contributed by atoms with Crippen molar-refractivity contribution < 1.29 is 13.2 Å². The van der Waals surface area contributed by atoms with Crippen LogP contribution in [-0.4, -0.2) is 29.9 Å². The number of hydrogen-bond donors (Lipinski definition) is 1. The quantitative estimate of drug-likeness (QED) is 0.486. The van der Waals surface area contributed by atoms with Gasteiger partial charge in [-0.25, -0.2) is 18.4 Å². The maximum atomic E-state index is 12.7. The van der Waals surface area contributed by atoms with E-state index in [-0.39, 0.29) is 26.4 Å². The summed E-state index contributed by atoms with van der Waals surface area (Å²) in [5, 5.41) is 1.72. The molecule has 154 valence electrons. The Kier molecular flexibility index (Phi) is 5.22. The number of hydrogen-bond acceptors (Lipinski definition) is 7. The van der Waals surface area contributed by atoms with Crippen molar-refractivity contribution >= 4 is 44.3 Å². The standard InChI is InChI=1S/C19H15ClN4O4S2/c1-11-8-21-16-4-3-12(10-24(16)18(11)25)13-7-15(17(28-2)22-9-13)23-30(26,27)19-14(20)5-6-29-19/h3-10,23H,1-2H3. The highest BCUT2D eigenvalue weighted by Crippen LogP contribution is 2.33. The predicted molar refractivity (Wildman–Crippen MR) is 116 cm³/mol. The highest BCUT2D eigenvalue weighted by Gasteiger charge is 2.22. The molecule has 4 aromatic rings. The zero-order valence-electron chi connectivity index (χ0n) is 15.8. The fourth-order valence-corrected chi connectivity index (χ4v) is 5.58. The Morgan fingerprint density at radius 1 is 1.17 bits per heavy atom. The molecule has 1 N–H and O–H groups in total. The van der Waals surface area contributed by atoms with E-state index < -0.39 is 10.0 Å². The molecular weight excluding hydrogens is 448 g/mol. The van der Waals surface area contributed by atoms with Gasteiger partial charge in [-0.15, -0.1) is 11.3 Å². The maximum Gasteiger partial charge on any atom is 0.273 e. The molecular formula is C19H15ClN4O4S2. The van der Waals surface area contributed by atoms with Crippen LogP contribution >= 0.6 is 22.9 Å². The summed E-state index contributed by atoms with van der Waals surface area (Å²) >= 11 is 6.99. The molecule has 0 aliphatic heterocycles. The summed E-state index contributed by atoms with van der Waals surface area (Å²) in [6.45, 7) is 1.69. The van der Waals surface area contributed by atoms with Crippen LogP contribution < -0.4 is 15.0 Å². The molecule has 0 aromatic carbocycles. The molecule has 0 saturated carbocycles. The number of ether oxygens (including phenoxy) is 1. The molecule has 4 rings (SSSR count). The summed E-state index contributed by atoms with van der Waals surface area (Å²) in [7, 11) is -2.54. The summed E-state index contributed by atoms with van der Waals surface area (Å²) in [4.78, 5) is 20.8. The third kappa shape index (κ3) is 3.64. The Morgan fingerprint density at radius 2 is 1.97 bits per heavy atom. The average molecular weight is 463 g/mol. The topological polar surface area (TPSA) is 103 Å². The van der Waals surface area contributed by atoms with Crippen LogP contribution in [-0.2, 0) is 10.0 Å². The summed E-state index contributed by atoms with van der Waals surface area (Å²) in [5.74, 6) is 0.102. The number of anilines is 1. The van der Waals surface area contributed by atoms with Gasteiger partial charge in [0, 0.05) is 35.3 Å². The number of methoxy groups -OCH3 is 1. The van der Waals surface area contributed by atoms with Gasteiger partial charge in [-0.2, -0.15) is 0 Å². The van der Waals surface area contributed by atoms with Crippen LogP contribution in [0.3, 0.4) is 0 Å². The smallest absolute Gasteiger partial charge is 0.273 e.